The molecule has 20 heavy (non-hydrogen) atoms. The zero-order chi connectivity index (χ0) is 15.0. The maximum Gasteiger partial charge on any atom is 0.253 e. The molecule has 0 saturated heterocycles. The lowest BCUT2D eigenvalue weighted by molar-refractivity contribution is 0.0953. The van der Waals surface area contributed by atoms with Crippen molar-refractivity contribution in [3.05, 3.63) is 29.6 Å². The molecule has 0 radical (unpaired) electrons. The third kappa shape index (κ3) is 5.04. The highest BCUT2D eigenvalue weighted by molar-refractivity contribution is 7.99. The van der Waals surface area contributed by atoms with Gasteiger partial charge in [-0.1, -0.05) is 19.9 Å². The van der Waals surface area contributed by atoms with E-state index in [1.54, 1.807) is 23.9 Å². The van der Waals surface area contributed by atoms with Gasteiger partial charge in [-0.2, -0.15) is 11.8 Å². The van der Waals surface area contributed by atoms with Crippen molar-refractivity contribution in [3.8, 4) is 0 Å². The lowest BCUT2D eigenvalue weighted by Crippen LogP contribution is -2.27. The van der Waals surface area contributed by atoms with Crippen LogP contribution in [0.15, 0.2) is 18.2 Å². The Bertz CT molecular complexity index is 440. The summed E-state index contributed by atoms with van der Waals surface area (Å²) in [6, 6.07) is 4.57. The molecule has 0 aliphatic heterocycles. The number of rotatable bonds is 8. The molecule has 0 fully saturated rings. The second kappa shape index (κ2) is 8.84. The van der Waals surface area contributed by atoms with Gasteiger partial charge in [-0.15, -0.1) is 0 Å². The number of anilines is 1. The van der Waals surface area contributed by atoms with Crippen LogP contribution in [0, 0.1) is 5.82 Å². The number of halogens is 1. The van der Waals surface area contributed by atoms with Gasteiger partial charge in [-0.3, -0.25) is 4.79 Å². The fourth-order valence-electron chi connectivity index (χ4n) is 1.75. The van der Waals surface area contributed by atoms with Gasteiger partial charge >= 0.3 is 0 Å². The minimum atomic E-state index is -0.386. The average Bonchev–Trinajstić information content (AvgIpc) is 2.45. The third-order valence-corrected chi connectivity index (χ3v) is 4.09. The maximum atomic E-state index is 13.8. The van der Waals surface area contributed by atoms with Crippen LogP contribution in [0.1, 0.15) is 37.0 Å². The van der Waals surface area contributed by atoms with Crippen LogP contribution in [0.3, 0.4) is 0 Å². The molecule has 1 rings (SSSR count). The summed E-state index contributed by atoms with van der Waals surface area (Å²) in [5, 5.41) is 6.33. The first-order chi connectivity index (χ1) is 9.60. The summed E-state index contributed by atoms with van der Waals surface area (Å²) >= 11 is 1.77. The first-order valence-corrected chi connectivity index (χ1v) is 8.22. The highest BCUT2D eigenvalue weighted by Crippen LogP contribution is 2.20. The largest absolute Gasteiger partial charge is 0.382 e. The Kier molecular flexibility index (Phi) is 7.44. The summed E-state index contributed by atoms with van der Waals surface area (Å²) in [4.78, 5) is 12.1. The molecule has 0 saturated carbocycles. The number of amides is 1. The molecule has 0 spiro atoms. The van der Waals surface area contributed by atoms with Crippen LogP contribution in [-0.2, 0) is 0 Å². The van der Waals surface area contributed by atoms with E-state index in [4.69, 9.17) is 0 Å². The van der Waals surface area contributed by atoms with Crippen LogP contribution in [0.4, 0.5) is 10.1 Å². The standard InChI is InChI=1S/C15H23FN2OS/c1-4-9-17-14-12(6-5-7-13(14)16)15(19)18-10-8-11(2)20-3/h5-7,11,17H,4,8-10H2,1-3H3,(H,18,19). The molecule has 2 N–H and O–H groups in total. The second-order valence-corrected chi connectivity index (χ2v) is 5.96. The number of nitrogens with one attached hydrogen (secondary N) is 2. The van der Waals surface area contributed by atoms with Gasteiger partial charge < -0.3 is 10.6 Å². The molecule has 0 aliphatic rings. The molecule has 0 aromatic heterocycles. The van der Waals surface area contributed by atoms with E-state index in [-0.39, 0.29) is 11.7 Å². The van der Waals surface area contributed by atoms with E-state index in [2.05, 4.69) is 17.6 Å². The van der Waals surface area contributed by atoms with Gasteiger partial charge in [0.15, 0.2) is 0 Å². The molecule has 1 aromatic carbocycles. The van der Waals surface area contributed by atoms with Crippen molar-refractivity contribution >= 4 is 23.4 Å². The summed E-state index contributed by atoms with van der Waals surface area (Å²) in [5.74, 6) is -0.611. The highest BCUT2D eigenvalue weighted by atomic mass is 32.2. The number of hydrogen-bond donors (Lipinski definition) is 2. The molecule has 0 bridgehead atoms. The number of carbonyl (C=O) groups excluding carboxylic acids is 1. The zero-order valence-corrected chi connectivity index (χ0v) is 13.1. The van der Waals surface area contributed by atoms with Crippen molar-refractivity contribution in [3.63, 3.8) is 0 Å². The summed E-state index contributed by atoms with van der Waals surface area (Å²) in [5.41, 5.74) is 0.667. The maximum absolute atomic E-state index is 13.8. The molecule has 1 atom stereocenters. The number of para-hydroxylation sites is 1. The van der Waals surface area contributed by atoms with E-state index in [1.165, 1.54) is 6.07 Å². The van der Waals surface area contributed by atoms with Gasteiger partial charge in [0.25, 0.3) is 5.91 Å². The van der Waals surface area contributed by atoms with Crippen LogP contribution in [0.5, 0.6) is 0 Å². The molecule has 1 amide bonds. The van der Waals surface area contributed by atoms with Crippen molar-refractivity contribution in [1.29, 1.82) is 0 Å². The van der Waals surface area contributed by atoms with E-state index >= 15 is 0 Å². The predicted octanol–water partition coefficient (Wildman–Crippen LogP) is 3.52. The number of carbonyl (C=O) groups is 1. The summed E-state index contributed by atoms with van der Waals surface area (Å²) in [6.45, 7) is 5.36. The van der Waals surface area contributed by atoms with E-state index in [9.17, 15) is 9.18 Å². The van der Waals surface area contributed by atoms with Gasteiger partial charge in [0, 0.05) is 18.3 Å². The summed E-state index contributed by atoms with van der Waals surface area (Å²) in [6.07, 6.45) is 3.83. The molecular formula is C15H23FN2OS. The van der Waals surface area contributed by atoms with Crippen LogP contribution in [-0.4, -0.2) is 30.5 Å². The first kappa shape index (κ1) is 16.8. The van der Waals surface area contributed by atoms with E-state index in [0.29, 0.717) is 29.6 Å². The fraction of sp³-hybridized carbons (Fsp3) is 0.533. The molecule has 1 aromatic rings. The second-order valence-electron chi connectivity index (χ2n) is 4.68. The monoisotopic (exact) mass is 298 g/mol. The van der Waals surface area contributed by atoms with Crippen LogP contribution in [0.2, 0.25) is 0 Å². The molecule has 112 valence electrons. The SMILES string of the molecule is CCCNc1c(F)cccc1C(=O)NCCC(C)SC. The van der Waals surface area contributed by atoms with Gasteiger partial charge in [-0.05, 0) is 31.2 Å². The smallest absolute Gasteiger partial charge is 0.253 e. The number of hydrogen-bond acceptors (Lipinski definition) is 3. The molecule has 5 heteroatoms. The average molecular weight is 298 g/mol. The van der Waals surface area contributed by atoms with Crippen LogP contribution >= 0.6 is 11.8 Å². The van der Waals surface area contributed by atoms with Crippen LogP contribution in [0.25, 0.3) is 0 Å². The zero-order valence-electron chi connectivity index (χ0n) is 12.3. The Morgan fingerprint density at radius 2 is 2.15 bits per heavy atom. The molecule has 0 heterocycles. The fourth-order valence-corrected chi connectivity index (χ4v) is 2.10. The number of thioether (sulfide) groups is 1. The Balaban J connectivity index is 2.69. The van der Waals surface area contributed by atoms with Gasteiger partial charge in [0.2, 0.25) is 0 Å². The third-order valence-electron chi connectivity index (χ3n) is 3.05. The van der Waals surface area contributed by atoms with Crippen LogP contribution < -0.4 is 10.6 Å². The molecule has 0 aliphatic carbocycles. The lowest BCUT2D eigenvalue weighted by Gasteiger charge is -2.13. The van der Waals surface area contributed by atoms with E-state index in [0.717, 1.165) is 12.8 Å². The summed E-state index contributed by atoms with van der Waals surface area (Å²) < 4.78 is 13.8. The van der Waals surface area contributed by atoms with Crippen molar-refractivity contribution in [2.24, 2.45) is 0 Å². The molecule has 3 nitrogen and oxygen atoms in total. The number of benzene rings is 1. The normalized spacial score (nSPS) is 12.0. The quantitative estimate of drug-likeness (QED) is 0.771. The molecular weight excluding hydrogens is 275 g/mol. The Labute approximate surface area is 124 Å². The van der Waals surface area contributed by atoms with Crippen molar-refractivity contribution in [2.75, 3.05) is 24.7 Å². The van der Waals surface area contributed by atoms with Crippen molar-refractivity contribution < 1.29 is 9.18 Å². The van der Waals surface area contributed by atoms with E-state index < -0.39 is 0 Å². The highest BCUT2D eigenvalue weighted by Gasteiger charge is 2.14. The summed E-state index contributed by atoms with van der Waals surface area (Å²) in [7, 11) is 0. The lowest BCUT2D eigenvalue weighted by atomic mass is 10.1. The molecule has 1 unspecified atom stereocenters. The van der Waals surface area contributed by atoms with Crippen molar-refractivity contribution in [1.82, 2.24) is 5.32 Å². The van der Waals surface area contributed by atoms with Gasteiger partial charge in [0.05, 0.1) is 11.3 Å². The Morgan fingerprint density at radius 3 is 2.80 bits per heavy atom. The Hall–Kier alpha value is -1.23. The minimum absolute atomic E-state index is 0.226. The minimum Gasteiger partial charge on any atom is -0.382 e. The van der Waals surface area contributed by atoms with E-state index in [1.807, 2.05) is 13.2 Å². The Morgan fingerprint density at radius 1 is 1.40 bits per heavy atom. The van der Waals surface area contributed by atoms with Crippen molar-refractivity contribution in [2.45, 2.75) is 31.9 Å². The van der Waals surface area contributed by atoms with Gasteiger partial charge in [-0.25, -0.2) is 4.39 Å². The predicted molar refractivity (Wildman–Crippen MR) is 85.1 cm³/mol. The van der Waals surface area contributed by atoms with Gasteiger partial charge in [0.1, 0.15) is 5.82 Å². The topological polar surface area (TPSA) is 41.1 Å². The first-order valence-electron chi connectivity index (χ1n) is 6.93.